The van der Waals surface area contributed by atoms with Crippen LogP contribution in [0.3, 0.4) is 0 Å². The van der Waals surface area contributed by atoms with Crippen molar-refractivity contribution in [3.05, 3.63) is 42.6 Å². The molecule has 9 heteroatoms. The third-order valence-electron chi connectivity index (χ3n) is 4.11. The number of carbonyl (C=O) groups excluding carboxylic acids is 1. The monoisotopic (exact) mass is 382 g/mol. The molecule has 0 saturated carbocycles. The summed E-state index contributed by atoms with van der Waals surface area (Å²) >= 11 is 1.76. The maximum Gasteiger partial charge on any atom is 0.249 e. The van der Waals surface area contributed by atoms with Gasteiger partial charge in [-0.15, -0.1) is 16.9 Å². The van der Waals surface area contributed by atoms with Crippen LogP contribution in [0, 0.1) is 0 Å². The second-order valence-corrected chi connectivity index (χ2v) is 7.01. The number of hydrogen-bond acceptors (Lipinski definition) is 7. The van der Waals surface area contributed by atoms with Gasteiger partial charge in [0, 0.05) is 23.4 Å². The van der Waals surface area contributed by atoms with Gasteiger partial charge in [-0.1, -0.05) is 6.07 Å². The highest BCUT2D eigenvalue weighted by atomic mass is 32.2. The first kappa shape index (κ1) is 17.3. The molecular weight excluding hydrogens is 364 g/mol. The SMILES string of the molecule is COc1ccc2c(c1)SCCN2CC(=O)Nc1n[nH]c(-c2ccccn2)n1. The van der Waals surface area contributed by atoms with E-state index in [4.69, 9.17) is 4.74 Å². The predicted molar refractivity (Wildman–Crippen MR) is 104 cm³/mol. The number of methoxy groups -OCH3 is 1. The zero-order valence-corrected chi connectivity index (χ0v) is 15.5. The van der Waals surface area contributed by atoms with E-state index in [0.29, 0.717) is 11.5 Å². The molecular formula is C18H18N6O2S. The average molecular weight is 382 g/mol. The maximum atomic E-state index is 12.5. The van der Waals surface area contributed by atoms with E-state index in [2.05, 4.69) is 25.5 Å². The van der Waals surface area contributed by atoms with Crippen LogP contribution in [-0.2, 0) is 4.79 Å². The molecule has 3 aromatic rings. The van der Waals surface area contributed by atoms with E-state index >= 15 is 0 Å². The summed E-state index contributed by atoms with van der Waals surface area (Å²) in [6, 6.07) is 11.4. The highest BCUT2D eigenvalue weighted by Gasteiger charge is 2.21. The van der Waals surface area contributed by atoms with Crippen LogP contribution in [0.5, 0.6) is 5.75 Å². The fraction of sp³-hybridized carbons (Fsp3) is 0.222. The molecule has 1 amide bonds. The van der Waals surface area contributed by atoms with Crippen LogP contribution in [0.2, 0.25) is 0 Å². The van der Waals surface area contributed by atoms with E-state index in [-0.39, 0.29) is 18.4 Å². The first-order chi connectivity index (χ1) is 13.2. The van der Waals surface area contributed by atoms with Crippen LogP contribution in [0.4, 0.5) is 11.6 Å². The summed E-state index contributed by atoms with van der Waals surface area (Å²) in [7, 11) is 1.65. The van der Waals surface area contributed by atoms with Crippen LogP contribution in [0.25, 0.3) is 11.5 Å². The van der Waals surface area contributed by atoms with Crippen molar-refractivity contribution in [2.45, 2.75) is 4.90 Å². The molecule has 1 aliphatic rings. The summed E-state index contributed by atoms with van der Waals surface area (Å²) in [6.45, 7) is 1.03. The average Bonchev–Trinajstić information content (AvgIpc) is 3.16. The molecule has 4 rings (SSSR count). The van der Waals surface area contributed by atoms with E-state index in [1.807, 2.05) is 41.3 Å². The number of aromatic nitrogens is 4. The lowest BCUT2D eigenvalue weighted by Gasteiger charge is -2.30. The summed E-state index contributed by atoms with van der Waals surface area (Å²) in [4.78, 5) is 24.1. The molecule has 0 fully saturated rings. The Morgan fingerprint density at radius 3 is 3.11 bits per heavy atom. The number of aromatic amines is 1. The van der Waals surface area contributed by atoms with Crippen molar-refractivity contribution < 1.29 is 9.53 Å². The Labute approximate surface area is 160 Å². The second kappa shape index (κ2) is 7.67. The summed E-state index contributed by atoms with van der Waals surface area (Å²) in [6.07, 6.45) is 1.68. The number of thioether (sulfide) groups is 1. The molecule has 0 spiro atoms. The molecule has 0 unspecified atom stereocenters. The quantitative estimate of drug-likeness (QED) is 0.699. The topological polar surface area (TPSA) is 96.0 Å². The fourth-order valence-electron chi connectivity index (χ4n) is 2.82. The number of H-pyrrole nitrogens is 1. The lowest BCUT2D eigenvalue weighted by atomic mass is 10.2. The number of pyridine rings is 1. The van der Waals surface area contributed by atoms with Gasteiger partial charge in [0.25, 0.3) is 0 Å². The van der Waals surface area contributed by atoms with Crippen molar-refractivity contribution in [1.82, 2.24) is 20.2 Å². The van der Waals surface area contributed by atoms with Crippen LogP contribution in [0.1, 0.15) is 0 Å². The van der Waals surface area contributed by atoms with Gasteiger partial charge in [0.1, 0.15) is 11.4 Å². The predicted octanol–water partition coefficient (Wildman–Crippen LogP) is 2.43. The van der Waals surface area contributed by atoms with Crippen molar-refractivity contribution in [2.24, 2.45) is 0 Å². The van der Waals surface area contributed by atoms with E-state index in [0.717, 1.165) is 28.6 Å². The number of fused-ring (bicyclic) bond motifs is 1. The van der Waals surface area contributed by atoms with Gasteiger partial charge in [-0.25, -0.2) is 0 Å². The highest BCUT2D eigenvalue weighted by molar-refractivity contribution is 7.99. The van der Waals surface area contributed by atoms with Crippen LogP contribution in [-0.4, -0.2) is 52.0 Å². The molecule has 2 N–H and O–H groups in total. The maximum absolute atomic E-state index is 12.5. The number of carbonyl (C=O) groups is 1. The van der Waals surface area contributed by atoms with Crippen LogP contribution in [0.15, 0.2) is 47.5 Å². The fourth-order valence-corrected chi connectivity index (χ4v) is 3.90. The Kier molecular flexibility index (Phi) is 4.93. The Morgan fingerprint density at radius 2 is 2.30 bits per heavy atom. The number of nitrogens with zero attached hydrogens (tertiary/aromatic N) is 4. The highest BCUT2D eigenvalue weighted by Crippen LogP contribution is 2.37. The molecule has 0 saturated heterocycles. The van der Waals surface area contributed by atoms with Gasteiger partial charge in [-0.3, -0.25) is 20.2 Å². The molecule has 2 aromatic heterocycles. The molecule has 27 heavy (non-hydrogen) atoms. The van der Waals surface area contributed by atoms with Gasteiger partial charge in [-0.2, -0.15) is 4.98 Å². The first-order valence-electron chi connectivity index (χ1n) is 8.42. The standard InChI is InChI=1S/C18H18N6O2S/c1-26-12-5-6-14-15(10-12)27-9-8-24(14)11-16(25)20-18-21-17(22-23-18)13-4-2-3-7-19-13/h2-7,10H,8-9,11H2,1H3,(H2,20,21,22,23,25). The van der Waals surface area contributed by atoms with E-state index in [9.17, 15) is 4.79 Å². The zero-order chi connectivity index (χ0) is 18.6. The normalized spacial score (nSPS) is 13.1. The van der Waals surface area contributed by atoms with E-state index in [1.54, 1.807) is 25.1 Å². The van der Waals surface area contributed by atoms with Gasteiger partial charge in [-0.05, 0) is 30.3 Å². The smallest absolute Gasteiger partial charge is 0.249 e. The largest absolute Gasteiger partial charge is 0.497 e. The van der Waals surface area contributed by atoms with E-state index in [1.165, 1.54) is 0 Å². The number of benzene rings is 1. The van der Waals surface area contributed by atoms with Gasteiger partial charge < -0.3 is 9.64 Å². The lowest BCUT2D eigenvalue weighted by molar-refractivity contribution is -0.115. The summed E-state index contributed by atoms with van der Waals surface area (Å²) in [5, 5.41) is 9.57. The summed E-state index contributed by atoms with van der Waals surface area (Å²) in [5.41, 5.74) is 1.70. The van der Waals surface area contributed by atoms with E-state index < -0.39 is 0 Å². The molecule has 0 atom stereocenters. The minimum Gasteiger partial charge on any atom is -0.497 e. The lowest BCUT2D eigenvalue weighted by Crippen LogP contribution is -2.36. The Bertz CT molecular complexity index is 946. The van der Waals surface area contributed by atoms with Crippen molar-refractivity contribution in [3.8, 4) is 17.3 Å². The molecule has 138 valence electrons. The Hall–Kier alpha value is -3.07. The van der Waals surface area contributed by atoms with Crippen molar-refractivity contribution in [2.75, 3.05) is 36.2 Å². The first-order valence-corrected chi connectivity index (χ1v) is 9.41. The number of ether oxygens (including phenoxy) is 1. The number of rotatable bonds is 5. The Balaban J connectivity index is 1.43. The number of hydrogen-bond donors (Lipinski definition) is 2. The van der Waals surface area contributed by atoms with Gasteiger partial charge in [0.15, 0.2) is 5.82 Å². The van der Waals surface area contributed by atoms with Crippen molar-refractivity contribution in [3.63, 3.8) is 0 Å². The number of nitrogens with one attached hydrogen (secondary N) is 2. The third kappa shape index (κ3) is 3.87. The molecule has 0 bridgehead atoms. The van der Waals surface area contributed by atoms with Gasteiger partial charge in [0.05, 0.1) is 19.3 Å². The van der Waals surface area contributed by atoms with Crippen molar-refractivity contribution >= 4 is 29.3 Å². The molecule has 1 aromatic carbocycles. The molecule has 3 heterocycles. The Morgan fingerprint density at radius 1 is 1.37 bits per heavy atom. The zero-order valence-electron chi connectivity index (χ0n) is 14.7. The van der Waals surface area contributed by atoms with Crippen molar-refractivity contribution in [1.29, 1.82) is 0 Å². The van der Waals surface area contributed by atoms with Crippen LogP contribution < -0.4 is 15.0 Å². The third-order valence-corrected chi connectivity index (χ3v) is 5.13. The summed E-state index contributed by atoms with van der Waals surface area (Å²) < 4.78 is 5.28. The molecule has 0 radical (unpaired) electrons. The molecule has 0 aliphatic carbocycles. The van der Waals surface area contributed by atoms with Crippen LogP contribution >= 0.6 is 11.8 Å². The van der Waals surface area contributed by atoms with Gasteiger partial charge in [0.2, 0.25) is 11.9 Å². The minimum absolute atomic E-state index is 0.171. The van der Waals surface area contributed by atoms with Gasteiger partial charge >= 0.3 is 0 Å². The number of amides is 1. The second-order valence-electron chi connectivity index (χ2n) is 5.87. The summed E-state index contributed by atoms with van der Waals surface area (Å²) in [5.74, 6) is 2.31. The molecule has 1 aliphatic heterocycles. The number of anilines is 2. The molecule has 8 nitrogen and oxygen atoms in total. The minimum atomic E-state index is -0.171.